The summed E-state index contributed by atoms with van der Waals surface area (Å²) >= 11 is 6.39. The Balaban J connectivity index is 1.36. The minimum Gasteiger partial charge on any atom is -0.208 e. The van der Waals surface area contributed by atoms with Crippen LogP contribution in [0.3, 0.4) is 0 Å². The lowest BCUT2D eigenvalue weighted by Gasteiger charge is -2.20. The molecule has 0 spiro atoms. The third-order valence-corrected chi connectivity index (χ3v) is 8.41. The third kappa shape index (κ3) is 4.78. The second-order valence-corrected chi connectivity index (χ2v) is 10.8. The highest BCUT2D eigenvalue weighted by Gasteiger charge is 2.14. The molecule has 0 bridgehead atoms. The minimum absolute atomic E-state index is 0.179. The van der Waals surface area contributed by atoms with Crippen molar-refractivity contribution in [1.29, 1.82) is 0 Å². The lowest BCUT2D eigenvalue weighted by molar-refractivity contribution is 1.07. The fourth-order valence-electron chi connectivity index (χ4n) is 5.52. The van der Waals surface area contributed by atoms with Crippen LogP contribution in [0.15, 0.2) is 91.0 Å². The molecule has 0 unspecified atom stereocenters. The molecule has 0 aliphatic heterocycles. The first-order valence-electron chi connectivity index (χ1n) is 13.5. The van der Waals surface area contributed by atoms with Gasteiger partial charge in [0, 0.05) is 11.1 Å². The molecule has 0 radical (unpaired) electrons. The summed E-state index contributed by atoms with van der Waals surface area (Å²) in [7, 11) is 11.1. The van der Waals surface area contributed by atoms with Crippen LogP contribution in [0.1, 0.15) is 0 Å². The summed E-state index contributed by atoms with van der Waals surface area (Å²) in [5, 5.41) is 2.48. The first-order chi connectivity index (χ1) is 19.3. The van der Waals surface area contributed by atoms with Gasteiger partial charge in [-0.25, -0.2) is 4.98 Å². The van der Waals surface area contributed by atoms with Crippen molar-refractivity contribution in [2.45, 2.75) is 0 Å². The van der Waals surface area contributed by atoms with Crippen molar-refractivity contribution < 1.29 is 0 Å². The van der Waals surface area contributed by atoms with Crippen molar-refractivity contribution in [3.63, 3.8) is 0 Å². The van der Waals surface area contributed by atoms with Crippen LogP contribution in [-0.4, -0.2) is 54.2 Å². The topological polar surface area (TPSA) is 38.7 Å². The molecule has 0 atom stereocenters. The molecule has 6 rings (SSSR count). The van der Waals surface area contributed by atoms with E-state index in [0.29, 0.717) is 11.6 Å². The number of aromatic nitrogens is 3. The maximum Gasteiger partial charge on any atom is 0.226 e. The summed E-state index contributed by atoms with van der Waals surface area (Å²) < 4.78 is 0. The Kier molecular flexibility index (Phi) is 6.89. The Morgan fingerprint density at radius 2 is 0.875 bits per heavy atom. The first-order valence-corrected chi connectivity index (χ1v) is 13.9. The van der Waals surface area contributed by atoms with E-state index in [0.717, 1.165) is 22.1 Å². The van der Waals surface area contributed by atoms with Gasteiger partial charge in [-0.2, -0.15) is 9.97 Å². The van der Waals surface area contributed by atoms with Crippen molar-refractivity contribution in [2.75, 3.05) is 0 Å². The number of rotatable bonds is 4. The quantitative estimate of drug-likeness (QED) is 0.293. The molecule has 1 aromatic heterocycles. The molecule has 40 heavy (non-hydrogen) atoms. The second kappa shape index (κ2) is 10.5. The van der Waals surface area contributed by atoms with Crippen LogP contribution in [0.5, 0.6) is 0 Å². The Hall–Kier alpha value is -4.02. The Morgan fingerprint density at radius 1 is 0.425 bits per heavy atom. The highest BCUT2D eigenvalue weighted by Crippen LogP contribution is 2.28. The zero-order valence-corrected chi connectivity index (χ0v) is 24.1. The molecule has 0 aliphatic rings. The van der Waals surface area contributed by atoms with Gasteiger partial charge in [-0.3, -0.25) is 0 Å². The summed E-state index contributed by atoms with van der Waals surface area (Å²) in [4.78, 5) is 13.7. The zero-order valence-electron chi connectivity index (χ0n) is 23.4. The van der Waals surface area contributed by atoms with Crippen LogP contribution in [0.25, 0.3) is 55.8 Å². The number of fused-ring (bicyclic) bond motifs is 1. The van der Waals surface area contributed by atoms with E-state index in [-0.39, 0.29) is 5.28 Å². The Labute approximate surface area is 244 Å². The molecule has 6 aromatic rings. The maximum atomic E-state index is 6.39. The number of benzene rings is 5. The van der Waals surface area contributed by atoms with E-state index in [2.05, 4.69) is 110 Å². The van der Waals surface area contributed by atoms with E-state index in [4.69, 9.17) is 16.6 Å². The molecule has 186 valence electrons. The van der Waals surface area contributed by atoms with Crippen LogP contribution in [0.2, 0.25) is 5.28 Å². The van der Waals surface area contributed by atoms with Gasteiger partial charge in [0.25, 0.3) is 0 Å². The van der Waals surface area contributed by atoms with Gasteiger partial charge in [0.2, 0.25) is 5.28 Å². The highest BCUT2D eigenvalue weighted by molar-refractivity contribution is 6.68. The zero-order chi connectivity index (χ0) is 28.0. The van der Waals surface area contributed by atoms with E-state index in [1.165, 1.54) is 49.4 Å². The predicted molar refractivity (Wildman–Crippen MR) is 185 cm³/mol. The normalized spacial score (nSPS) is 11.1. The van der Waals surface area contributed by atoms with Gasteiger partial charge in [0.1, 0.15) is 39.2 Å². The highest BCUT2D eigenvalue weighted by atomic mass is 35.5. The molecule has 0 fully saturated rings. The molecule has 1 heterocycles. The minimum atomic E-state index is 0.179. The van der Waals surface area contributed by atoms with Gasteiger partial charge in [-0.15, -0.1) is 16.4 Å². The lowest BCUT2D eigenvalue weighted by atomic mass is 9.59. The van der Waals surface area contributed by atoms with Crippen molar-refractivity contribution >= 4 is 88.9 Å². The van der Waals surface area contributed by atoms with Gasteiger partial charge in [0.15, 0.2) is 11.6 Å². The predicted octanol–water partition coefficient (Wildman–Crippen LogP) is -0.362. The molecule has 9 heteroatoms. The van der Waals surface area contributed by atoms with Gasteiger partial charge in [-0.05, 0) is 56.8 Å². The van der Waals surface area contributed by atoms with Crippen LogP contribution < -0.4 is 27.3 Å². The summed E-state index contributed by atoms with van der Waals surface area (Å²) in [5.41, 5.74) is 13.5. The molecular formula is C31H25B5ClN3. The van der Waals surface area contributed by atoms with Gasteiger partial charge < -0.3 is 0 Å². The summed E-state index contributed by atoms with van der Waals surface area (Å²) in [6, 6.07) is 31.5. The summed E-state index contributed by atoms with van der Waals surface area (Å²) in [6.07, 6.45) is 0. The van der Waals surface area contributed by atoms with Crippen LogP contribution in [0.4, 0.5) is 0 Å². The molecule has 0 saturated carbocycles. The average Bonchev–Trinajstić information content (AvgIpc) is 2.99. The number of hydrogen-bond donors (Lipinski definition) is 0. The summed E-state index contributed by atoms with van der Waals surface area (Å²) in [5.74, 6) is 1.12. The van der Waals surface area contributed by atoms with E-state index in [1.807, 2.05) is 30.3 Å². The number of hydrogen-bond acceptors (Lipinski definition) is 3. The van der Waals surface area contributed by atoms with Gasteiger partial charge in [-0.1, -0.05) is 89.8 Å². The summed E-state index contributed by atoms with van der Waals surface area (Å²) in [6.45, 7) is 0. The molecule has 0 N–H and O–H groups in total. The van der Waals surface area contributed by atoms with Crippen LogP contribution in [0, 0.1) is 0 Å². The van der Waals surface area contributed by atoms with E-state index in [9.17, 15) is 0 Å². The van der Waals surface area contributed by atoms with E-state index >= 15 is 0 Å². The standard InChI is InChI=1S/C31H25B5ClN3/c32-24-23(25(33)27(35)28(36)26(24)34)21-12-10-20-15-22(13-11-19(20)14-21)30-38-29(39-31(37)40-30)18-8-6-17(7-9-18)16-4-2-1-3-5-16/h1-15H,32-36H2. The number of halogens is 1. The fraction of sp³-hybridized carbons (Fsp3) is 0. The average molecular weight is 529 g/mol. The fourth-order valence-corrected chi connectivity index (χ4v) is 5.68. The van der Waals surface area contributed by atoms with Crippen molar-refractivity contribution in [3.8, 4) is 45.0 Å². The van der Waals surface area contributed by atoms with Gasteiger partial charge in [0.05, 0.1) is 0 Å². The van der Waals surface area contributed by atoms with Crippen molar-refractivity contribution in [1.82, 2.24) is 15.0 Å². The largest absolute Gasteiger partial charge is 0.226 e. The van der Waals surface area contributed by atoms with E-state index in [1.54, 1.807) is 0 Å². The smallest absolute Gasteiger partial charge is 0.208 e. The monoisotopic (exact) mass is 529 g/mol. The first kappa shape index (κ1) is 26.2. The second-order valence-electron chi connectivity index (χ2n) is 10.5. The molecular weight excluding hydrogens is 504 g/mol. The molecule has 0 amide bonds. The SMILES string of the molecule is Bc1c(B)c(B)c(-c2ccc3cc(-c4nc(Cl)nc(-c5ccc(-c6ccccc6)cc5)n4)ccc3c2)c(B)c1B. The number of nitrogens with zero attached hydrogens (tertiary/aromatic N) is 3. The van der Waals surface area contributed by atoms with Crippen LogP contribution in [-0.2, 0) is 0 Å². The Bertz CT molecular complexity index is 1880. The van der Waals surface area contributed by atoms with Crippen molar-refractivity contribution in [2.24, 2.45) is 0 Å². The molecule has 5 aromatic carbocycles. The molecule has 3 nitrogen and oxygen atoms in total. The van der Waals surface area contributed by atoms with Crippen LogP contribution >= 0.6 is 11.6 Å². The van der Waals surface area contributed by atoms with Gasteiger partial charge >= 0.3 is 0 Å². The molecule has 0 aliphatic carbocycles. The van der Waals surface area contributed by atoms with E-state index < -0.39 is 0 Å². The van der Waals surface area contributed by atoms with Crippen molar-refractivity contribution in [3.05, 3.63) is 96.3 Å². The third-order valence-electron chi connectivity index (χ3n) is 8.25. The maximum absolute atomic E-state index is 6.39. The molecule has 0 saturated heterocycles. The Morgan fingerprint density at radius 3 is 1.50 bits per heavy atom. The lowest BCUT2D eigenvalue weighted by Crippen LogP contribution is -2.55.